The second-order valence-electron chi connectivity index (χ2n) is 5.62. The Kier molecular flexibility index (Phi) is 3.34. The Morgan fingerprint density at radius 3 is 2.76 bits per heavy atom. The first kappa shape index (κ1) is 11.5. The monoisotopic (exact) mass is 237 g/mol. The van der Waals surface area contributed by atoms with E-state index < -0.39 is 0 Å². The van der Waals surface area contributed by atoms with Gasteiger partial charge in [-0.15, -0.1) is 0 Å². The summed E-state index contributed by atoms with van der Waals surface area (Å²) in [6.07, 6.45) is 5.93. The van der Waals surface area contributed by atoms with Crippen LogP contribution in [0.15, 0.2) is 0 Å². The third-order valence-corrected chi connectivity index (χ3v) is 4.47. The van der Waals surface area contributed by atoms with Crippen LogP contribution in [0.4, 0.5) is 0 Å². The van der Waals surface area contributed by atoms with Crippen molar-refractivity contribution in [1.82, 2.24) is 15.1 Å². The van der Waals surface area contributed by atoms with E-state index in [1.165, 1.54) is 25.9 Å². The first-order chi connectivity index (χ1) is 8.34. The fourth-order valence-corrected chi connectivity index (χ4v) is 3.52. The van der Waals surface area contributed by atoms with Gasteiger partial charge in [0.05, 0.1) is 6.04 Å². The van der Waals surface area contributed by atoms with Crippen molar-refractivity contribution < 1.29 is 4.79 Å². The van der Waals surface area contributed by atoms with Crippen LogP contribution in [0.5, 0.6) is 0 Å². The van der Waals surface area contributed by atoms with Gasteiger partial charge in [0.1, 0.15) is 0 Å². The maximum absolute atomic E-state index is 12.4. The molecule has 2 atom stereocenters. The highest BCUT2D eigenvalue weighted by atomic mass is 16.2. The summed E-state index contributed by atoms with van der Waals surface area (Å²) >= 11 is 0. The largest absolute Gasteiger partial charge is 0.340 e. The molecule has 0 aromatic rings. The summed E-state index contributed by atoms with van der Waals surface area (Å²) in [5, 5.41) is 3.33. The number of nitrogens with zero attached hydrogens (tertiary/aromatic N) is 2. The zero-order valence-corrected chi connectivity index (χ0v) is 10.5. The Morgan fingerprint density at radius 1 is 1.06 bits per heavy atom. The summed E-state index contributed by atoms with van der Waals surface area (Å²) in [6, 6.07) is 0.755. The van der Waals surface area contributed by atoms with Gasteiger partial charge < -0.3 is 10.2 Å². The predicted octanol–water partition coefficient (Wildman–Crippen LogP) is 0.435. The second kappa shape index (κ2) is 4.94. The van der Waals surface area contributed by atoms with Gasteiger partial charge in [0.2, 0.25) is 5.91 Å². The van der Waals surface area contributed by atoms with Gasteiger partial charge in [0, 0.05) is 25.7 Å². The van der Waals surface area contributed by atoms with E-state index in [4.69, 9.17) is 0 Å². The van der Waals surface area contributed by atoms with Crippen molar-refractivity contribution in [3.05, 3.63) is 0 Å². The summed E-state index contributed by atoms with van der Waals surface area (Å²) in [4.78, 5) is 17.1. The Labute approximate surface area is 103 Å². The van der Waals surface area contributed by atoms with Crippen molar-refractivity contribution in [1.29, 1.82) is 0 Å². The topological polar surface area (TPSA) is 35.6 Å². The predicted molar refractivity (Wildman–Crippen MR) is 66.8 cm³/mol. The second-order valence-corrected chi connectivity index (χ2v) is 5.62. The molecule has 1 amide bonds. The number of rotatable bonds is 1. The van der Waals surface area contributed by atoms with Crippen LogP contribution in [-0.4, -0.2) is 60.5 Å². The van der Waals surface area contributed by atoms with E-state index in [-0.39, 0.29) is 6.04 Å². The van der Waals surface area contributed by atoms with Crippen LogP contribution >= 0.6 is 0 Å². The lowest BCUT2D eigenvalue weighted by atomic mass is 10.1. The van der Waals surface area contributed by atoms with Gasteiger partial charge in [0.15, 0.2) is 0 Å². The van der Waals surface area contributed by atoms with Crippen LogP contribution in [0.3, 0.4) is 0 Å². The zero-order valence-electron chi connectivity index (χ0n) is 10.5. The Hall–Kier alpha value is -0.610. The highest BCUT2D eigenvalue weighted by Crippen LogP contribution is 2.22. The van der Waals surface area contributed by atoms with E-state index in [0.717, 1.165) is 38.9 Å². The molecule has 3 saturated heterocycles. The van der Waals surface area contributed by atoms with E-state index in [2.05, 4.69) is 15.1 Å². The van der Waals surface area contributed by atoms with E-state index in [1.54, 1.807) is 0 Å². The number of hydrogen-bond donors (Lipinski definition) is 1. The maximum Gasteiger partial charge on any atom is 0.239 e. The highest BCUT2D eigenvalue weighted by Gasteiger charge is 2.33. The molecule has 0 spiro atoms. The number of carbonyl (C=O) groups is 1. The fourth-order valence-electron chi connectivity index (χ4n) is 3.52. The van der Waals surface area contributed by atoms with Gasteiger partial charge >= 0.3 is 0 Å². The first-order valence-corrected chi connectivity index (χ1v) is 7.11. The van der Waals surface area contributed by atoms with Gasteiger partial charge in [-0.1, -0.05) is 0 Å². The molecule has 0 radical (unpaired) electrons. The summed E-state index contributed by atoms with van der Waals surface area (Å²) in [6.45, 7) is 5.38. The molecule has 17 heavy (non-hydrogen) atoms. The molecule has 3 fully saturated rings. The molecule has 0 aliphatic carbocycles. The third kappa shape index (κ3) is 2.33. The molecule has 4 nitrogen and oxygen atoms in total. The zero-order chi connectivity index (χ0) is 11.7. The van der Waals surface area contributed by atoms with Crippen molar-refractivity contribution in [2.45, 2.75) is 44.2 Å². The van der Waals surface area contributed by atoms with Crippen LogP contribution in [-0.2, 0) is 4.79 Å². The minimum Gasteiger partial charge on any atom is -0.340 e. The van der Waals surface area contributed by atoms with Crippen LogP contribution < -0.4 is 5.32 Å². The van der Waals surface area contributed by atoms with E-state index in [0.29, 0.717) is 11.9 Å². The molecule has 3 rings (SSSR count). The van der Waals surface area contributed by atoms with Crippen LogP contribution in [0, 0.1) is 0 Å². The smallest absolute Gasteiger partial charge is 0.239 e. The fraction of sp³-hybridized carbons (Fsp3) is 0.923. The van der Waals surface area contributed by atoms with Gasteiger partial charge in [-0.05, 0) is 45.2 Å². The van der Waals surface area contributed by atoms with Crippen molar-refractivity contribution in [2.75, 3.05) is 32.7 Å². The summed E-state index contributed by atoms with van der Waals surface area (Å²) in [5.41, 5.74) is 0. The summed E-state index contributed by atoms with van der Waals surface area (Å²) in [5.74, 6) is 0.358. The molecule has 3 aliphatic rings. The molecule has 4 heteroatoms. The molecule has 0 bridgehead atoms. The molecule has 3 aliphatic heterocycles. The number of fused-ring (bicyclic) bond motifs is 1. The number of carbonyl (C=O) groups excluding carboxylic acids is 1. The molecule has 3 heterocycles. The van der Waals surface area contributed by atoms with E-state index >= 15 is 0 Å². The van der Waals surface area contributed by atoms with Crippen molar-refractivity contribution in [2.24, 2.45) is 0 Å². The first-order valence-electron chi connectivity index (χ1n) is 7.11. The van der Waals surface area contributed by atoms with Crippen molar-refractivity contribution >= 4 is 5.91 Å². The molecule has 0 aromatic heterocycles. The average Bonchev–Trinajstić information content (AvgIpc) is 2.96. The molecule has 0 saturated carbocycles. The average molecular weight is 237 g/mol. The lowest BCUT2D eigenvalue weighted by Gasteiger charge is -2.27. The molecular formula is C13H23N3O. The van der Waals surface area contributed by atoms with Crippen LogP contribution in [0.25, 0.3) is 0 Å². The van der Waals surface area contributed by atoms with Gasteiger partial charge in [0.25, 0.3) is 0 Å². The SMILES string of the molecule is O=C(C1CCCN1)N1CCCN2CCCC2C1. The molecule has 1 N–H and O–H groups in total. The summed E-state index contributed by atoms with van der Waals surface area (Å²) in [7, 11) is 0. The third-order valence-electron chi connectivity index (χ3n) is 4.47. The minimum absolute atomic E-state index is 0.114. The van der Waals surface area contributed by atoms with E-state index in [1.807, 2.05) is 0 Å². The molecule has 2 unspecified atom stereocenters. The van der Waals surface area contributed by atoms with Gasteiger partial charge in [-0.25, -0.2) is 0 Å². The maximum atomic E-state index is 12.4. The van der Waals surface area contributed by atoms with Crippen molar-refractivity contribution in [3.8, 4) is 0 Å². The lowest BCUT2D eigenvalue weighted by molar-refractivity contribution is -0.133. The Balaban J connectivity index is 1.63. The highest BCUT2D eigenvalue weighted by molar-refractivity contribution is 5.82. The summed E-state index contributed by atoms with van der Waals surface area (Å²) < 4.78 is 0. The van der Waals surface area contributed by atoms with Gasteiger partial charge in [-0.3, -0.25) is 9.69 Å². The van der Waals surface area contributed by atoms with E-state index in [9.17, 15) is 4.79 Å². The minimum atomic E-state index is 0.114. The number of nitrogens with one attached hydrogen (secondary N) is 1. The Bertz CT molecular complexity index is 288. The molecule has 96 valence electrons. The lowest BCUT2D eigenvalue weighted by Crippen LogP contribution is -2.46. The number of amides is 1. The van der Waals surface area contributed by atoms with Gasteiger partial charge in [-0.2, -0.15) is 0 Å². The normalized spacial score (nSPS) is 34.7. The van der Waals surface area contributed by atoms with Crippen LogP contribution in [0.2, 0.25) is 0 Å². The van der Waals surface area contributed by atoms with Crippen LogP contribution in [0.1, 0.15) is 32.1 Å². The molecular weight excluding hydrogens is 214 g/mol. The quantitative estimate of drug-likeness (QED) is 0.718. The standard InChI is InChI=1S/C13H23N3O/c17-13(12-5-1-6-14-12)16-9-3-8-15-7-2-4-11(15)10-16/h11-12,14H,1-10H2. The molecule has 0 aromatic carbocycles. The Morgan fingerprint density at radius 2 is 1.94 bits per heavy atom. The van der Waals surface area contributed by atoms with Crippen molar-refractivity contribution in [3.63, 3.8) is 0 Å². The number of hydrogen-bond acceptors (Lipinski definition) is 3.